The third kappa shape index (κ3) is 4.99. The van der Waals surface area contributed by atoms with Crippen molar-refractivity contribution in [2.45, 2.75) is 12.5 Å². The number of rotatable bonds is 7. The Labute approximate surface area is 173 Å². The number of ether oxygens (including phenoxy) is 3. The minimum atomic E-state index is -1.09. The van der Waals surface area contributed by atoms with Crippen LogP contribution in [0.15, 0.2) is 42.5 Å². The van der Waals surface area contributed by atoms with Gasteiger partial charge in [-0.25, -0.2) is 9.59 Å². The highest BCUT2D eigenvalue weighted by molar-refractivity contribution is 6.30. The van der Waals surface area contributed by atoms with E-state index in [0.717, 1.165) is 11.1 Å². The molecule has 1 atom stereocenters. The maximum atomic E-state index is 12.8. The number of carboxylic acid groups (broad SMARTS) is 1. The van der Waals surface area contributed by atoms with Gasteiger partial charge in [0.1, 0.15) is 12.4 Å². The van der Waals surface area contributed by atoms with Crippen molar-refractivity contribution in [1.29, 1.82) is 0 Å². The molecule has 0 fully saturated rings. The van der Waals surface area contributed by atoms with Crippen LogP contribution in [0, 0.1) is 0 Å². The first-order valence-corrected chi connectivity index (χ1v) is 9.53. The van der Waals surface area contributed by atoms with E-state index in [1.807, 2.05) is 24.3 Å². The van der Waals surface area contributed by atoms with Gasteiger partial charge in [-0.2, -0.15) is 0 Å². The van der Waals surface area contributed by atoms with E-state index in [1.54, 1.807) is 23.1 Å². The molecule has 0 saturated carbocycles. The molecule has 1 amide bonds. The number of hydrogen-bond acceptors (Lipinski definition) is 5. The molecule has 154 valence electrons. The summed E-state index contributed by atoms with van der Waals surface area (Å²) in [5.74, 6) is -0.737. The van der Waals surface area contributed by atoms with Crippen LogP contribution in [0.4, 0.5) is 4.79 Å². The van der Waals surface area contributed by atoms with Gasteiger partial charge in [0.2, 0.25) is 0 Å². The minimum Gasteiger partial charge on any atom is -0.482 e. The van der Waals surface area contributed by atoms with Gasteiger partial charge in [0.25, 0.3) is 0 Å². The standard InChI is InChI=1S/C21H22ClNO6/c1-27-10-11-28-21(26)23-9-8-14-4-2-3-5-16(14)20(23)17-12-15(22)6-7-18(17)29-13-19(24)25/h2-7,12,20H,8-11,13H2,1H3,(H,24,25). The van der Waals surface area contributed by atoms with Crippen molar-refractivity contribution < 1.29 is 28.9 Å². The molecule has 1 aliphatic heterocycles. The summed E-state index contributed by atoms with van der Waals surface area (Å²) in [6.07, 6.45) is 0.198. The molecule has 0 radical (unpaired) electrons. The van der Waals surface area contributed by atoms with Crippen molar-refractivity contribution in [2.75, 3.05) is 33.5 Å². The van der Waals surface area contributed by atoms with Crippen molar-refractivity contribution >= 4 is 23.7 Å². The number of carboxylic acids is 1. The molecular weight excluding hydrogens is 398 g/mol. The number of hydrogen-bond donors (Lipinski definition) is 1. The molecule has 0 spiro atoms. The summed E-state index contributed by atoms with van der Waals surface area (Å²) in [7, 11) is 1.53. The molecule has 7 nitrogen and oxygen atoms in total. The van der Waals surface area contributed by atoms with Crippen LogP contribution in [-0.4, -0.2) is 55.5 Å². The van der Waals surface area contributed by atoms with Crippen LogP contribution in [0.1, 0.15) is 22.7 Å². The Morgan fingerprint density at radius 2 is 1.97 bits per heavy atom. The average Bonchev–Trinajstić information content (AvgIpc) is 2.72. The van der Waals surface area contributed by atoms with Crippen LogP contribution in [0.2, 0.25) is 5.02 Å². The Kier molecular flexibility index (Phi) is 6.95. The second-order valence-corrected chi connectivity index (χ2v) is 6.95. The van der Waals surface area contributed by atoms with E-state index in [1.165, 1.54) is 7.11 Å². The zero-order valence-corrected chi connectivity index (χ0v) is 16.7. The molecular formula is C21H22ClNO6. The van der Waals surface area contributed by atoms with Crippen LogP contribution in [0.5, 0.6) is 5.75 Å². The first-order chi connectivity index (χ1) is 14.0. The molecule has 0 aliphatic carbocycles. The largest absolute Gasteiger partial charge is 0.482 e. The van der Waals surface area contributed by atoms with E-state index in [4.69, 9.17) is 30.9 Å². The summed E-state index contributed by atoms with van der Waals surface area (Å²) < 4.78 is 15.8. The molecule has 0 aromatic heterocycles. The van der Waals surface area contributed by atoms with Gasteiger partial charge in [-0.1, -0.05) is 35.9 Å². The van der Waals surface area contributed by atoms with Crippen LogP contribution in [0.25, 0.3) is 0 Å². The molecule has 0 bridgehead atoms. The van der Waals surface area contributed by atoms with Crippen LogP contribution >= 0.6 is 11.6 Å². The number of halogens is 1. The fourth-order valence-corrected chi connectivity index (χ4v) is 3.58. The molecule has 3 rings (SSSR count). The van der Waals surface area contributed by atoms with E-state index in [2.05, 4.69) is 0 Å². The summed E-state index contributed by atoms with van der Waals surface area (Å²) in [6, 6.07) is 12.2. The molecule has 1 N–H and O–H groups in total. The molecule has 1 heterocycles. The van der Waals surface area contributed by atoms with E-state index in [0.29, 0.717) is 35.9 Å². The lowest BCUT2D eigenvalue weighted by Crippen LogP contribution is -2.41. The summed E-state index contributed by atoms with van der Waals surface area (Å²) in [5.41, 5.74) is 2.63. The van der Waals surface area contributed by atoms with Crippen LogP contribution < -0.4 is 4.74 Å². The summed E-state index contributed by atoms with van der Waals surface area (Å²) in [6.45, 7) is 0.378. The molecule has 0 saturated heterocycles. The quantitative estimate of drug-likeness (QED) is 0.691. The lowest BCUT2D eigenvalue weighted by atomic mass is 9.88. The highest BCUT2D eigenvalue weighted by atomic mass is 35.5. The SMILES string of the molecule is COCCOC(=O)N1CCc2ccccc2C1c1cc(Cl)ccc1OCC(=O)O. The Hall–Kier alpha value is -2.77. The predicted octanol–water partition coefficient (Wildman–Crippen LogP) is 3.53. The lowest BCUT2D eigenvalue weighted by Gasteiger charge is -2.37. The second-order valence-electron chi connectivity index (χ2n) is 6.52. The zero-order valence-electron chi connectivity index (χ0n) is 16.0. The van der Waals surface area contributed by atoms with E-state index in [9.17, 15) is 9.59 Å². The maximum absolute atomic E-state index is 12.8. The van der Waals surface area contributed by atoms with Crippen LogP contribution in [0.3, 0.4) is 0 Å². The molecule has 29 heavy (non-hydrogen) atoms. The smallest absolute Gasteiger partial charge is 0.410 e. The summed E-state index contributed by atoms with van der Waals surface area (Å²) in [4.78, 5) is 25.4. The van der Waals surface area contributed by atoms with Crippen molar-refractivity contribution in [3.63, 3.8) is 0 Å². The Bertz CT molecular complexity index is 887. The van der Waals surface area contributed by atoms with Crippen molar-refractivity contribution in [3.05, 3.63) is 64.2 Å². The highest BCUT2D eigenvalue weighted by Gasteiger charge is 2.35. The topological polar surface area (TPSA) is 85.3 Å². The number of carbonyl (C=O) groups excluding carboxylic acids is 1. The van der Waals surface area contributed by atoms with Gasteiger partial charge in [-0.3, -0.25) is 4.90 Å². The maximum Gasteiger partial charge on any atom is 0.410 e. The minimum absolute atomic E-state index is 0.137. The Morgan fingerprint density at radius 3 is 2.72 bits per heavy atom. The number of benzene rings is 2. The van der Waals surface area contributed by atoms with E-state index in [-0.39, 0.29) is 6.61 Å². The van der Waals surface area contributed by atoms with Gasteiger partial charge in [0, 0.05) is 24.2 Å². The third-order valence-electron chi connectivity index (χ3n) is 4.65. The van der Waals surface area contributed by atoms with Gasteiger partial charge in [0.15, 0.2) is 6.61 Å². The normalized spacial score (nSPS) is 15.5. The number of amides is 1. The first kappa shape index (κ1) is 21.0. The number of methoxy groups -OCH3 is 1. The molecule has 2 aromatic rings. The second kappa shape index (κ2) is 9.62. The lowest BCUT2D eigenvalue weighted by molar-refractivity contribution is -0.139. The van der Waals surface area contributed by atoms with E-state index >= 15 is 0 Å². The Balaban J connectivity index is 2.02. The van der Waals surface area contributed by atoms with Gasteiger partial charge in [-0.15, -0.1) is 0 Å². The number of carbonyl (C=O) groups is 2. The van der Waals surface area contributed by atoms with Crippen molar-refractivity contribution in [3.8, 4) is 5.75 Å². The fourth-order valence-electron chi connectivity index (χ4n) is 3.40. The average molecular weight is 420 g/mol. The predicted molar refractivity (Wildman–Crippen MR) is 107 cm³/mol. The Morgan fingerprint density at radius 1 is 1.17 bits per heavy atom. The first-order valence-electron chi connectivity index (χ1n) is 9.15. The molecule has 1 aliphatic rings. The zero-order chi connectivity index (χ0) is 20.8. The van der Waals surface area contributed by atoms with Gasteiger partial charge in [-0.05, 0) is 35.7 Å². The number of fused-ring (bicyclic) bond motifs is 1. The van der Waals surface area contributed by atoms with Gasteiger partial charge < -0.3 is 19.3 Å². The fraction of sp³-hybridized carbons (Fsp3) is 0.333. The summed E-state index contributed by atoms with van der Waals surface area (Å²) >= 11 is 6.23. The van der Waals surface area contributed by atoms with Crippen molar-refractivity contribution in [2.24, 2.45) is 0 Å². The highest BCUT2D eigenvalue weighted by Crippen LogP contribution is 2.40. The monoisotopic (exact) mass is 419 g/mol. The third-order valence-corrected chi connectivity index (χ3v) is 4.88. The number of nitrogens with zero attached hydrogens (tertiary/aromatic N) is 1. The molecule has 8 heteroatoms. The van der Waals surface area contributed by atoms with Crippen molar-refractivity contribution in [1.82, 2.24) is 4.90 Å². The summed E-state index contributed by atoms with van der Waals surface area (Å²) in [5, 5.41) is 9.46. The van der Waals surface area contributed by atoms with Gasteiger partial charge in [0.05, 0.1) is 12.6 Å². The van der Waals surface area contributed by atoms with E-state index < -0.39 is 24.7 Å². The molecule has 2 aromatic carbocycles. The number of aliphatic carboxylic acids is 1. The molecule has 1 unspecified atom stereocenters. The van der Waals surface area contributed by atoms with Gasteiger partial charge >= 0.3 is 12.1 Å². The van der Waals surface area contributed by atoms with Crippen LogP contribution in [-0.2, 0) is 20.7 Å².